The molecule has 2 atom stereocenters. The van der Waals surface area contributed by atoms with Gasteiger partial charge in [-0.05, 0) is 24.1 Å². The van der Waals surface area contributed by atoms with E-state index in [2.05, 4.69) is 62.2 Å². The van der Waals surface area contributed by atoms with Gasteiger partial charge in [-0.2, -0.15) is 0 Å². The van der Waals surface area contributed by atoms with Crippen LogP contribution in [0.4, 0.5) is 0 Å². The van der Waals surface area contributed by atoms with Crippen molar-refractivity contribution in [2.24, 2.45) is 0 Å². The van der Waals surface area contributed by atoms with Crippen molar-refractivity contribution in [3.8, 4) is 0 Å². The van der Waals surface area contributed by atoms with Crippen LogP contribution in [0.5, 0.6) is 0 Å². The first kappa shape index (κ1) is 12.4. The Morgan fingerprint density at radius 3 is 2.50 bits per heavy atom. The van der Waals surface area contributed by atoms with Crippen LogP contribution in [0.1, 0.15) is 5.56 Å². The fraction of sp³-hybridized carbons (Fsp3) is 0.231. The number of hydrogen-bond donors (Lipinski definition) is 0. The topological polar surface area (TPSA) is 0 Å². The summed E-state index contributed by atoms with van der Waals surface area (Å²) in [7, 11) is 0. The summed E-state index contributed by atoms with van der Waals surface area (Å²) in [6.45, 7) is 0. The first-order chi connectivity index (χ1) is 7.66. The SMILES string of the molecule is Clc1ccc(CC2=CC=CC(Br)C2Br)cc1. The van der Waals surface area contributed by atoms with Crippen LogP contribution in [0, 0.1) is 0 Å². The lowest BCUT2D eigenvalue weighted by atomic mass is 9.97. The minimum absolute atomic E-state index is 0.369. The normalized spacial score (nSPS) is 24.3. The molecule has 0 saturated carbocycles. The molecule has 0 N–H and O–H groups in total. The van der Waals surface area contributed by atoms with E-state index >= 15 is 0 Å². The van der Waals surface area contributed by atoms with Crippen molar-refractivity contribution in [1.29, 1.82) is 0 Å². The molecule has 0 radical (unpaired) electrons. The molecule has 0 amide bonds. The number of allylic oxidation sites excluding steroid dienone is 4. The van der Waals surface area contributed by atoms with Crippen LogP contribution in [-0.4, -0.2) is 9.65 Å². The summed E-state index contributed by atoms with van der Waals surface area (Å²) in [4.78, 5) is 0.743. The van der Waals surface area contributed by atoms with Crippen molar-refractivity contribution < 1.29 is 0 Å². The average molecular weight is 362 g/mol. The van der Waals surface area contributed by atoms with Gasteiger partial charge in [-0.15, -0.1) is 0 Å². The Labute approximate surface area is 118 Å². The van der Waals surface area contributed by atoms with E-state index in [1.54, 1.807) is 0 Å². The highest BCUT2D eigenvalue weighted by Gasteiger charge is 2.19. The largest absolute Gasteiger partial charge is 0.0843 e. The smallest absolute Gasteiger partial charge is 0.0521 e. The van der Waals surface area contributed by atoms with E-state index in [1.165, 1.54) is 11.1 Å². The van der Waals surface area contributed by atoms with Crippen molar-refractivity contribution in [2.45, 2.75) is 16.1 Å². The molecule has 1 aromatic carbocycles. The molecular weight excluding hydrogens is 351 g/mol. The molecule has 0 spiro atoms. The van der Waals surface area contributed by atoms with Crippen molar-refractivity contribution in [3.05, 3.63) is 58.7 Å². The molecule has 0 aliphatic heterocycles. The summed E-state index contributed by atoms with van der Waals surface area (Å²) in [5.74, 6) is 0. The van der Waals surface area contributed by atoms with Crippen LogP contribution in [0.2, 0.25) is 5.02 Å². The van der Waals surface area contributed by atoms with Crippen LogP contribution in [0.25, 0.3) is 0 Å². The van der Waals surface area contributed by atoms with Crippen LogP contribution >= 0.6 is 43.5 Å². The lowest BCUT2D eigenvalue weighted by Crippen LogP contribution is -2.18. The van der Waals surface area contributed by atoms with Crippen LogP contribution in [0.3, 0.4) is 0 Å². The Hall–Kier alpha value is -0.0500. The highest BCUT2D eigenvalue weighted by Crippen LogP contribution is 2.29. The third kappa shape index (κ3) is 2.99. The fourth-order valence-corrected chi connectivity index (χ4v) is 2.81. The molecule has 2 unspecified atom stereocenters. The molecule has 0 fully saturated rings. The van der Waals surface area contributed by atoms with Gasteiger partial charge in [0.05, 0.1) is 4.83 Å². The number of benzene rings is 1. The summed E-state index contributed by atoms with van der Waals surface area (Å²) in [6.07, 6.45) is 7.37. The summed E-state index contributed by atoms with van der Waals surface area (Å²) in [6, 6.07) is 8.02. The lowest BCUT2D eigenvalue weighted by Gasteiger charge is -2.20. The fourth-order valence-electron chi connectivity index (χ4n) is 1.67. The number of alkyl halides is 2. The molecule has 0 aromatic heterocycles. The van der Waals surface area contributed by atoms with Gasteiger partial charge in [-0.3, -0.25) is 0 Å². The standard InChI is InChI=1S/C13H11Br2Cl/c14-12-3-1-2-10(13(12)15)8-9-4-6-11(16)7-5-9/h1-7,12-13H,8H2. The minimum Gasteiger partial charge on any atom is -0.0843 e. The van der Waals surface area contributed by atoms with Gasteiger partial charge in [0.15, 0.2) is 0 Å². The van der Waals surface area contributed by atoms with E-state index in [4.69, 9.17) is 11.6 Å². The molecule has 16 heavy (non-hydrogen) atoms. The van der Waals surface area contributed by atoms with E-state index in [-0.39, 0.29) is 0 Å². The van der Waals surface area contributed by atoms with Crippen molar-refractivity contribution >= 4 is 43.5 Å². The maximum atomic E-state index is 5.86. The van der Waals surface area contributed by atoms with Gasteiger partial charge in [0.1, 0.15) is 0 Å². The molecule has 0 bridgehead atoms. The third-order valence-electron chi connectivity index (χ3n) is 2.56. The first-order valence-electron chi connectivity index (χ1n) is 5.06. The molecule has 3 heteroatoms. The molecule has 0 heterocycles. The van der Waals surface area contributed by atoms with Crippen molar-refractivity contribution in [1.82, 2.24) is 0 Å². The monoisotopic (exact) mass is 360 g/mol. The Morgan fingerprint density at radius 2 is 1.81 bits per heavy atom. The molecule has 84 valence electrons. The molecule has 2 rings (SSSR count). The molecule has 0 nitrogen and oxygen atoms in total. The van der Waals surface area contributed by atoms with Gasteiger partial charge in [0, 0.05) is 9.85 Å². The predicted octanol–water partition coefficient (Wildman–Crippen LogP) is 4.91. The second-order valence-corrected chi connectivity index (χ2v) is 6.26. The predicted molar refractivity (Wildman–Crippen MR) is 77.8 cm³/mol. The van der Waals surface area contributed by atoms with E-state index < -0.39 is 0 Å². The number of rotatable bonds is 2. The lowest BCUT2D eigenvalue weighted by molar-refractivity contribution is 0.965. The van der Waals surface area contributed by atoms with Gasteiger partial charge in [0.25, 0.3) is 0 Å². The quantitative estimate of drug-likeness (QED) is 0.656. The number of halogens is 3. The summed E-state index contributed by atoms with van der Waals surface area (Å²) < 4.78 is 0. The highest BCUT2D eigenvalue weighted by atomic mass is 79.9. The van der Waals surface area contributed by atoms with E-state index in [1.807, 2.05) is 12.1 Å². The zero-order chi connectivity index (χ0) is 11.5. The van der Waals surface area contributed by atoms with Crippen molar-refractivity contribution in [3.63, 3.8) is 0 Å². The zero-order valence-electron chi connectivity index (χ0n) is 8.54. The van der Waals surface area contributed by atoms with Gasteiger partial charge in [0.2, 0.25) is 0 Å². The first-order valence-corrected chi connectivity index (χ1v) is 7.27. The molecule has 1 aliphatic rings. The van der Waals surface area contributed by atoms with Gasteiger partial charge in [-0.1, -0.05) is 79.4 Å². The molecule has 1 aromatic rings. The van der Waals surface area contributed by atoms with Crippen LogP contribution in [0.15, 0.2) is 48.1 Å². The maximum Gasteiger partial charge on any atom is 0.0521 e. The molecular formula is C13H11Br2Cl. The third-order valence-corrected chi connectivity index (χ3v) is 5.51. The Bertz CT molecular complexity index is 420. The number of hydrogen-bond acceptors (Lipinski definition) is 0. The van der Waals surface area contributed by atoms with Crippen LogP contribution < -0.4 is 0 Å². The van der Waals surface area contributed by atoms with E-state index in [0.29, 0.717) is 9.65 Å². The summed E-state index contributed by atoms with van der Waals surface area (Å²) in [5, 5.41) is 0.787. The summed E-state index contributed by atoms with van der Waals surface area (Å²) in [5.41, 5.74) is 2.67. The van der Waals surface area contributed by atoms with Gasteiger partial charge < -0.3 is 0 Å². The van der Waals surface area contributed by atoms with Crippen LogP contribution in [-0.2, 0) is 6.42 Å². The molecule has 1 aliphatic carbocycles. The summed E-state index contributed by atoms with van der Waals surface area (Å²) >= 11 is 13.2. The van der Waals surface area contributed by atoms with E-state index in [9.17, 15) is 0 Å². The average Bonchev–Trinajstić information content (AvgIpc) is 2.28. The highest BCUT2D eigenvalue weighted by molar-refractivity contribution is 9.12. The Balaban J connectivity index is 2.13. The van der Waals surface area contributed by atoms with Gasteiger partial charge in [-0.25, -0.2) is 0 Å². The Kier molecular flexibility index (Phi) is 4.28. The Morgan fingerprint density at radius 1 is 1.12 bits per heavy atom. The second-order valence-electron chi connectivity index (χ2n) is 3.78. The zero-order valence-corrected chi connectivity index (χ0v) is 12.5. The van der Waals surface area contributed by atoms with Crippen molar-refractivity contribution in [2.75, 3.05) is 0 Å². The maximum absolute atomic E-state index is 5.86. The van der Waals surface area contributed by atoms with Gasteiger partial charge >= 0.3 is 0 Å². The second kappa shape index (κ2) is 5.52. The molecule has 0 saturated heterocycles. The minimum atomic E-state index is 0.369. The van der Waals surface area contributed by atoms with E-state index in [0.717, 1.165) is 11.4 Å².